The van der Waals surface area contributed by atoms with Crippen molar-refractivity contribution in [1.29, 1.82) is 0 Å². The monoisotopic (exact) mass is 194 g/mol. The first-order valence-electron chi connectivity index (χ1n) is 6.13. The molecule has 2 atom stereocenters. The molecule has 1 heteroatoms. The predicted molar refractivity (Wildman–Crippen MR) is 59.1 cm³/mol. The molecule has 14 heavy (non-hydrogen) atoms. The Balaban J connectivity index is 1.89. The topological polar surface area (TPSA) is 20.2 Å². The van der Waals surface area contributed by atoms with E-state index in [1.165, 1.54) is 32.1 Å². The Kier molecular flexibility index (Phi) is 2.96. The number of aliphatic hydroxyl groups is 1. The van der Waals surface area contributed by atoms with E-state index in [1.807, 2.05) is 0 Å². The average molecular weight is 194 g/mol. The second-order valence-corrected chi connectivity index (χ2v) is 5.17. The van der Waals surface area contributed by atoms with E-state index in [2.05, 4.69) is 19.1 Å². The molecule has 2 aliphatic carbocycles. The molecule has 1 fully saturated rings. The molecule has 0 heterocycles. The number of hydrogen-bond donors (Lipinski definition) is 1. The SMILES string of the molecule is CCC1C=CC(O)(CC2CCC2)CC1. The van der Waals surface area contributed by atoms with E-state index in [9.17, 15) is 5.11 Å². The molecule has 1 saturated carbocycles. The number of hydrogen-bond acceptors (Lipinski definition) is 1. The Hall–Kier alpha value is -0.300. The first kappa shape index (κ1) is 10.2. The van der Waals surface area contributed by atoms with Crippen LogP contribution in [0.4, 0.5) is 0 Å². The van der Waals surface area contributed by atoms with E-state index < -0.39 is 5.60 Å². The highest BCUT2D eigenvalue weighted by Gasteiger charge is 2.32. The zero-order valence-corrected chi connectivity index (χ0v) is 9.21. The van der Waals surface area contributed by atoms with Gasteiger partial charge in [-0.05, 0) is 37.5 Å². The first-order chi connectivity index (χ1) is 6.72. The van der Waals surface area contributed by atoms with Gasteiger partial charge in [-0.1, -0.05) is 38.3 Å². The van der Waals surface area contributed by atoms with Crippen LogP contribution in [-0.2, 0) is 0 Å². The van der Waals surface area contributed by atoms with Crippen LogP contribution in [0, 0.1) is 11.8 Å². The van der Waals surface area contributed by atoms with Gasteiger partial charge < -0.3 is 5.11 Å². The third-order valence-electron chi connectivity index (χ3n) is 4.02. The highest BCUT2D eigenvalue weighted by Crippen LogP contribution is 2.38. The van der Waals surface area contributed by atoms with E-state index in [4.69, 9.17) is 0 Å². The molecular weight excluding hydrogens is 172 g/mol. The van der Waals surface area contributed by atoms with Crippen molar-refractivity contribution < 1.29 is 5.11 Å². The summed E-state index contributed by atoms with van der Waals surface area (Å²) in [6.45, 7) is 2.23. The van der Waals surface area contributed by atoms with Crippen LogP contribution in [-0.4, -0.2) is 10.7 Å². The van der Waals surface area contributed by atoms with E-state index in [0.717, 1.165) is 24.7 Å². The van der Waals surface area contributed by atoms with Crippen molar-refractivity contribution in [2.45, 2.75) is 57.5 Å². The molecule has 1 N–H and O–H groups in total. The van der Waals surface area contributed by atoms with E-state index >= 15 is 0 Å². The fourth-order valence-electron chi connectivity index (χ4n) is 2.64. The first-order valence-corrected chi connectivity index (χ1v) is 6.13. The summed E-state index contributed by atoms with van der Waals surface area (Å²) in [5.74, 6) is 1.53. The largest absolute Gasteiger partial charge is 0.386 e. The average Bonchev–Trinajstić information content (AvgIpc) is 2.13. The maximum absolute atomic E-state index is 10.3. The van der Waals surface area contributed by atoms with Crippen LogP contribution in [0.25, 0.3) is 0 Å². The summed E-state index contributed by atoms with van der Waals surface area (Å²) in [6.07, 6.45) is 12.8. The lowest BCUT2D eigenvalue weighted by molar-refractivity contribution is 0.0291. The van der Waals surface area contributed by atoms with Crippen LogP contribution >= 0.6 is 0 Å². The Morgan fingerprint density at radius 2 is 2.14 bits per heavy atom. The highest BCUT2D eigenvalue weighted by molar-refractivity contribution is 5.08. The van der Waals surface area contributed by atoms with Crippen molar-refractivity contribution in [2.24, 2.45) is 11.8 Å². The van der Waals surface area contributed by atoms with Gasteiger partial charge in [-0.25, -0.2) is 0 Å². The summed E-state index contributed by atoms with van der Waals surface area (Å²) in [7, 11) is 0. The van der Waals surface area contributed by atoms with Crippen LogP contribution in [0.5, 0.6) is 0 Å². The molecule has 0 aromatic carbocycles. The van der Waals surface area contributed by atoms with Gasteiger partial charge in [0.1, 0.15) is 0 Å². The molecule has 2 aliphatic rings. The molecular formula is C13H22O. The molecule has 1 nitrogen and oxygen atoms in total. The summed E-state index contributed by atoms with van der Waals surface area (Å²) >= 11 is 0. The van der Waals surface area contributed by atoms with Crippen molar-refractivity contribution in [2.75, 3.05) is 0 Å². The lowest BCUT2D eigenvalue weighted by Gasteiger charge is -2.37. The minimum atomic E-state index is -0.448. The molecule has 0 aliphatic heterocycles. The van der Waals surface area contributed by atoms with Gasteiger partial charge in [0.05, 0.1) is 5.60 Å². The number of allylic oxidation sites excluding steroid dienone is 1. The van der Waals surface area contributed by atoms with Crippen molar-refractivity contribution in [3.63, 3.8) is 0 Å². The fourth-order valence-corrected chi connectivity index (χ4v) is 2.64. The molecule has 2 unspecified atom stereocenters. The van der Waals surface area contributed by atoms with Gasteiger partial charge in [0.2, 0.25) is 0 Å². The molecule has 0 spiro atoms. The van der Waals surface area contributed by atoms with E-state index in [1.54, 1.807) is 0 Å². The van der Waals surface area contributed by atoms with Crippen LogP contribution in [0.15, 0.2) is 12.2 Å². The second-order valence-electron chi connectivity index (χ2n) is 5.17. The van der Waals surface area contributed by atoms with Gasteiger partial charge in [-0.3, -0.25) is 0 Å². The van der Waals surface area contributed by atoms with Gasteiger partial charge in [0.25, 0.3) is 0 Å². The van der Waals surface area contributed by atoms with Crippen LogP contribution in [0.1, 0.15) is 51.9 Å². The zero-order valence-electron chi connectivity index (χ0n) is 9.21. The standard InChI is InChI=1S/C13H22O/c1-2-11-6-8-13(14,9-7-11)10-12-4-3-5-12/h6,8,11-12,14H,2-5,7,9-10H2,1H3. The molecule has 2 rings (SSSR count). The molecule has 0 aromatic rings. The quantitative estimate of drug-likeness (QED) is 0.684. The highest BCUT2D eigenvalue weighted by atomic mass is 16.3. The summed E-state index contributed by atoms with van der Waals surface area (Å²) in [5, 5.41) is 10.3. The lowest BCUT2D eigenvalue weighted by Crippen LogP contribution is -2.34. The van der Waals surface area contributed by atoms with Gasteiger partial charge in [-0.15, -0.1) is 0 Å². The van der Waals surface area contributed by atoms with Crippen LogP contribution < -0.4 is 0 Å². The van der Waals surface area contributed by atoms with Crippen molar-refractivity contribution in [3.05, 3.63) is 12.2 Å². The maximum Gasteiger partial charge on any atom is 0.0830 e. The minimum Gasteiger partial charge on any atom is -0.386 e. The second kappa shape index (κ2) is 4.06. The molecule has 0 aromatic heterocycles. The predicted octanol–water partition coefficient (Wildman–Crippen LogP) is 3.28. The van der Waals surface area contributed by atoms with E-state index in [0.29, 0.717) is 0 Å². The lowest BCUT2D eigenvalue weighted by atomic mass is 9.73. The summed E-state index contributed by atoms with van der Waals surface area (Å²) in [4.78, 5) is 0. The minimum absolute atomic E-state index is 0.448. The summed E-state index contributed by atoms with van der Waals surface area (Å²) in [6, 6.07) is 0. The normalized spacial score (nSPS) is 38.3. The zero-order chi connectivity index (χ0) is 10.0. The van der Waals surface area contributed by atoms with Gasteiger partial charge in [-0.2, -0.15) is 0 Å². The number of rotatable bonds is 3. The van der Waals surface area contributed by atoms with Crippen LogP contribution in [0.3, 0.4) is 0 Å². The van der Waals surface area contributed by atoms with Gasteiger partial charge in [0, 0.05) is 0 Å². The molecule has 0 saturated heterocycles. The molecule has 0 bridgehead atoms. The molecule has 0 amide bonds. The maximum atomic E-state index is 10.3. The Morgan fingerprint density at radius 1 is 1.36 bits per heavy atom. The Bertz CT molecular complexity index is 217. The van der Waals surface area contributed by atoms with Crippen molar-refractivity contribution >= 4 is 0 Å². The Morgan fingerprint density at radius 3 is 2.57 bits per heavy atom. The third-order valence-corrected chi connectivity index (χ3v) is 4.02. The third kappa shape index (κ3) is 2.20. The molecule has 0 radical (unpaired) electrons. The van der Waals surface area contributed by atoms with Gasteiger partial charge in [0.15, 0.2) is 0 Å². The summed E-state index contributed by atoms with van der Waals surface area (Å²) in [5.41, 5.74) is -0.448. The van der Waals surface area contributed by atoms with Crippen molar-refractivity contribution in [3.8, 4) is 0 Å². The van der Waals surface area contributed by atoms with E-state index in [-0.39, 0.29) is 0 Å². The van der Waals surface area contributed by atoms with Gasteiger partial charge >= 0.3 is 0 Å². The van der Waals surface area contributed by atoms with Crippen molar-refractivity contribution in [1.82, 2.24) is 0 Å². The smallest absolute Gasteiger partial charge is 0.0830 e. The van der Waals surface area contributed by atoms with Crippen LogP contribution in [0.2, 0.25) is 0 Å². The Labute approximate surface area is 87.2 Å². The molecule has 80 valence electrons. The fraction of sp³-hybridized carbons (Fsp3) is 0.846. The summed E-state index contributed by atoms with van der Waals surface area (Å²) < 4.78 is 0.